The maximum Gasteiger partial charge on any atom is 0.412 e. The second-order valence-electron chi connectivity index (χ2n) is 4.34. The molecule has 1 N–H and O–H groups in total. The number of ether oxygens (including phenoxy) is 2. The Morgan fingerprint density at radius 2 is 2.12 bits per heavy atom. The van der Waals surface area contributed by atoms with E-state index < -0.39 is 11.7 Å². The monoisotopic (exact) mass is 258 g/mol. The topological polar surface area (TPSA) is 60.5 Å². The van der Waals surface area contributed by atoms with E-state index in [0.717, 1.165) is 0 Å². The number of aromatic nitrogens is 1. The molecule has 0 unspecified atom stereocenters. The van der Waals surface area contributed by atoms with Gasteiger partial charge in [0.1, 0.15) is 5.60 Å². The van der Waals surface area contributed by atoms with Crippen LogP contribution in [0.4, 0.5) is 10.5 Å². The molecule has 0 bridgehead atoms. The van der Waals surface area contributed by atoms with E-state index >= 15 is 0 Å². The molecule has 0 saturated heterocycles. The van der Waals surface area contributed by atoms with Crippen molar-refractivity contribution in [1.82, 2.24) is 4.98 Å². The molecule has 0 aromatic carbocycles. The normalized spacial score (nSPS) is 10.9. The first-order valence-corrected chi connectivity index (χ1v) is 5.39. The highest BCUT2D eigenvalue weighted by molar-refractivity contribution is 6.30. The first-order valence-electron chi connectivity index (χ1n) is 5.01. The van der Waals surface area contributed by atoms with E-state index in [2.05, 4.69) is 10.3 Å². The van der Waals surface area contributed by atoms with Gasteiger partial charge in [-0.2, -0.15) is 0 Å². The van der Waals surface area contributed by atoms with Gasteiger partial charge in [0.05, 0.1) is 19.0 Å². The molecule has 0 aliphatic heterocycles. The van der Waals surface area contributed by atoms with Crippen LogP contribution in [0.5, 0.6) is 5.75 Å². The van der Waals surface area contributed by atoms with E-state index in [1.54, 1.807) is 26.8 Å². The number of amides is 1. The Hall–Kier alpha value is -1.49. The highest BCUT2D eigenvalue weighted by atomic mass is 35.5. The smallest absolute Gasteiger partial charge is 0.412 e. The van der Waals surface area contributed by atoms with Gasteiger partial charge in [-0.15, -0.1) is 0 Å². The molecule has 0 atom stereocenters. The van der Waals surface area contributed by atoms with Gasteiger partial charge in [0.15, 0.2) is 10.9 Å². The van der Waals surface area contributed by atoms with Crippen LogP contribution in [0.2, 0.25) is 5.15 Å². The first-order chi connectivity index (χ1) is 7.81. The number of carbonyl (C=O) groups is 1. The Bertz CT molecular complexity index is 416. The van der Waals surface area contributed by atoms with Gasteiger partial charge in [-0.3, -0.25) is 5.32 Å². The Balaban J connectivity index is 2.72. The Morgan fingerprint density at radius 3 is 2.65 bits per heavy atom. The molecule has 1 aromatic rings. The molecule has 0 fully saturated rings. The fraction of sp³-hybridized carbons (Fsp3) is 0.455. The summed E-state index contributed by atoms with van der Waals surface area (Å²) in [5, 5.41) is 2.78. The van der Waals surface area contributed by atoms with Crippen LogP contribution in [0, 0.1) is 0 Å². The zero-order valence-corrected chi connectivity index (χ0v) is 11.0. The highest BCUT2D eigenvalue weighted by Crippen LogP contribution is 2.24. The second kappa shape index (κ2) is 5.23. The zero-order chi connectivity index (χ0) is 13.1. The van der Waals surface area contributed by atoms with Crippen LogP contribution in [0.25, 0.3) is 0 Å². The van der Waals surface area contributed by atoms with Crippen LogP contribution in [-0.2, 0) is 4.74 Å². The number of halogens is 1. The van der Waals surface area contributed by atoms with Crippen LogP contribution in [-0.4, -0.2) is 23.8 Å². The number of methoxy groups -OCH3 is 1. The quantitative estimate of drug-likeness (QED) is 0.828. The van der Waals surface area contributed by atoms with Crippen molar-refractivity contribution >= 4 is 23.4 Å². The molecular weight excluding hydrogens is 244 g/mol. The molecule has 1 heterocycles. The van der Waals surface area contributed by atoms with Crippen LogP contribution in [0.15, 0.2) is 12.3 Å². The van der Waals surface area contributed by atoms with Gasteiger partial charge in [-0.1, -0.05) is 11.6 Å². The minimum absolute atomic E-state index is 0.238. The summed E-state index contributed by atoms with van der Waals surface area (Å²) in [4.78, 5) is 15.3. The minimum Gasteiger partial charge on any atom is -0.493 e. The predicted octanol–water partition coefficient (Wildman–Crippen LogP) is 3.09. The molecule has 1 amide bonds. The Labute approximate surface area is 105 Å². The van der Waals surface area contributed by atoms with E-state index in [9.17, 15) is 4.79 Å². The average molecular weight is 259 g/mol. The second-order valence-corrected chi connectivity index (χ2v) is 4.70. The predicted molar refractivity (Wildman–Crippen MR) is 65.7 cm³/mol. The van der Waals surface area contributed by atoms with Crippen molar-refractivity contribution in [2.45, 2.75) is 26.4 Å². The number of hydrogen-bond acceptors (Lipinski definition) is 4. The van der Waals surface area contributed by atoms with Crippen molar-refractivity contribution < 1.29 is 14.3 Å². The molecule has 5 nitrogen and oxygen atoms in total. The number of nitrogens with one attached hydrogen (secondary N) is 1. The molecule has 6 heteroatoms. The molecule has 0 radical (unpaired) electrons. The summed E-state index contributed by atoms with van der Waals surface area (Å²) in [6, 6.07) is 1.57. The van der Waals surface area contributed by atoms with Gasteiger partial charge in [0, 0.05) is 6.07 Å². The minimum atomic E-state index is -0.552. The summed E-state index contributed by atoms with van der Waals surface area (Å²) in [6.07, 6.45) is 0.873. The van der Waals surface area contributed by atoms with Gasteiger partial charge in [0.2, 0.25) is 0 Å². The van der Waals surface area contributed by atoms with E-state index in [1.807, 2.05) is 0 Å². The number of nitrogens with zero attached hydrogens (tertiary/aromatic N) is 1. The summed E-state index contributed by atoms with van der Waals surface area (Å²) in [6.45, 7) is 5.35. The number of hydrogen-bond donors (Lipinski definition) is 1. The molecule has 1 aromatic heterocycles. The van der Waals surface area contributed by atoms with Crippen LogP contribution < -0.4 is 10.1 Å². The highest BCUT2D eigenvalue weighted by Gasteiger charge is 2.16. The largest absolute Gasteiger partial charge is 0.493 e. The van der Waals surface area contributed by atoms with Gasteiger partial charge >= 0.3 is 6.09 Å². The number of carbonyl (C=O) groups excluding carboxylic acids is 1. The molecular formula is C11H15ClN2O3. The van der Waals surface area contributed by atoms with E-state index in [4.69, 9.17) is 21.1 Å². The summed E-state index contributed by atoms with van der Waals surface area (Å²) in [5.41, 5.74) is -0.0888. The first kappa shape index (κ1) is 13.6. The van der Waals surface area contributed by atoms with Crippen molar-refractivity contribution in [3.05, 3.63) is 17.4 Å². The van der Waals surface area contributed by atoms with E-state index in [0.29, 0.717) is 11.4 Å². The van der Waals surface area contributed by atoms with Crippen molar-refractivity contribution in [3.8, 4) is 5.75 Å². The Morgan fingerprint density at radius 1 is 1.47 bits per heavy atom. The maximum absolute atomic E-state index is 11.5. The zero-order valence-electron chi connectivity index (χ0n) is 10.2. The van der Waals surface area contributed by atoms with Crippen molar-refractivity contribution in [2.24, 2.45) is 0 Å². The molecule has 0 aliphatic rings. The molecule has 17 heavy (non-hydrogen) atoms. The van der Waals surface area contributed by atoms with Gasteiger partial charge in [-0.25, -0.2) is 9.78 Å². The van der Waals surface area contributed by atoms with Crippen molar-refractivity contribution in [2.75, 3.05) is 12.4 Å². The Kier molecular flexibility index (Phi) is 4.17. The third-order valence-corrected chi connectivity index (χ3v) is 1.96. The third-order valence-electron chi connectivity index (χ3n) is 1.67. The lowest BCUT2D eigenvalue weighted by Crippen LogP contribution is -2.27. The fourth-order valence-electron chi connectivity index (χ4n) is 1.06. The molecule has 0 spiro atoms. The lowest BCUT2D eigenvalue weighted by atomic mass is 10.2. The van der Waals surface area contributed by atoms with Crippen molar-refractivity contribution in [1.29, 1.82) is 0 Å². The van der Waals surface area contributed by atoms with Gasteiger partial charge in [0.25, 0.3) is 0 Å². The standard InChI is InChI=1S/C11H15ClN2O3/c1-11(2,3)17-10(15)14-7-5-8(16-4)9(12)13-6-7/h5-6H,1-4H3,(H,14,15). The maximum atomic E-state index is 11.5. The summed E-state index contributed by atoms with van der Waals surface area (Å²) in [5.74, 6) is 0.389. The van der Waals surface area contributed by atoms with Gasteiger partial charge < -0.3 is 9.47 Å². The van der Waals surface area contributed by atoms with E-state index in [-0.39, 0.29) is 5.15 Å². The van der Waals surface area contributed by atoms with E-state index in [1.165, 1.54) is 13.3 Å². The molecule has 0 aliphatic carbocycles. The van der Waals surface area contributed by atoms with Crippen molar-refractivity contribution in [3.63, 3.8) is 0 Å². The van der Waals surface area contributed by atoms with Crippen LogP contribution in [0.1, 0.15) is 20.8 Å². The summed E-state index contributed by atoms with van der Waals surface area (Å²) >= 11 is 5.76. The summed E-state index contributed by atoms with van der Waals surface area (Å²) in [7, 11) is 1.47. The SMILES string of the molecule is COc1cc(NC(=O)OC(C)(C)C)cnc1Cl. The number of anilines is 1. The number of rotatable bonds is 2. The lowest BCUT2D eigenvalue weighted by molar-refractivity contribution is 0.0636. The fourth-order valence-corrected chi connectivity index (χ4v) is 1.24. The average Bonchev–Trinajstić information content (AvgIpc) is 2.18. The van der Waals surface area contributed by atoms with Crippen LogP contribution in [0.3, 0.4) is 0 Å². The molecule has 0 saturated carbocycles. The lowest BCUT2D eigenvalue weighted by Gasteiger charge is -2.19. The number of pyridine rings is 1. The third kappa shape index (κ3) is 4.48. The molecule has 1 rings (SSSR count). The van der Waals surface area contributed by atoms with Gasteiger partial charge in [-0.05, 0) is 20.8 Å². The summed E-state index contributed by atoms with van der Waals surface area (Å²) < 4.78 is 10.1. The van der Waals surface area contributed by atoms with Crippen LogP contribution >= 0.6 is 11.6 Å². The molecule has 94 valence electrons.